The molecule has 2 unspecified atom stereocenters. The Hall–Kier alpha value is -2.86. The summed E-state index contributed by atoms with van der Waals surface area (Å²) in [6, 6.07) is 10.7. The molecule has 0 aliphatic carbocycles. The van der Waals surface area contributed by atoms with Crippen molar-refractivity contribution in [1.82, 2.24) is 25.1 Å². The highest BCUT2D eigenvalue weighted by Gasteiger charge is 2.26. The number of H-pyrrole nitrogens is 2. The van der Waals surface area contributed by atoms with Crippen molar-refractivity contribution in [2.24, 2.45) is 0 Å². The average molecular weight is 462 g/mol. The van der Waals surface area contributed by atoms with Crippen LogP contribution in [0.1, 0.15) is 30.9 Å². The van der Waals surface area contributed by atoms with Gasteiger partial charge < -0.3 is 4.98 Å². The second-order valence-corrected chi connectivity index (χ2v) is 9.95. The van der Waals surface area contributed by atoms with E-state index in [0.29, 0.717) is 13.0 Å². The molecule has 2 atom stereocenters. The molecule has 0 amide bonds. The van der Waals surface area contributed by atoms with Gasteiger partial charge in [0.05, 0.1) is 15.8 Å². The number of hydrazine groups is 1. The van der Waals surface area contributed by atoms with Gasteiger partial charge in [0.15, 0.2) is 0 Å². The van der Waals surface area contributed by atoms with Gasteiger partial charge in [0.1, 0.15) is 5.82 Å². The number of aromatic amines is 2. The van der Waals surface area contributed by atoms with E-state index < -0.39 is 21.3 Å². The molecule has 0 radical (unpaired) electrons. The highest BCUT2D eigenvalue weighted by atomic mass is 32.2. The van der Waals surface area contributed by atoms with Crippen LogP contribution < -0.4 is 22.1 Å². The molecule has 9 nitrogen and oxygen atoms in total. The molecular weight excluding hydrogens is 437 g/mol. The predicted octanol–water partition coefficient (Wildman–Crippen LogP) is 1.36. The lowest BCUT2D eigenvalue weighted by molar-refractivity contribution is 0.428. The molecule has 1 aliphatic heterocycles. The summed E-state index contributed by atoms with van der Waals surface area (Å²) in [7, 11) is -2.30. The summed E-state index contributed by atoms with van der Waals surface area (Å²) in [6.45, 7) is 0.307. The van der Waals surface area contributed by atoms with Crippen molar-refractivity contribution >= 4 is 20.9 Å². The fraction of sp³-hybridized carbons (Fsp3) is 0.333. The molecule has 170 valence electrons. The van der Waals surface area contributed by atoms with Crippen molar-refractivity contribution in [2.45, 2.75) is 36.2 Å². The number of hydrogen-bond donors (Lipinski definition) is 4. The molecular formula is C21H24FN5O4S. The van der Waals surface area contributed by atoms with E-state index in [2.05, 4.69) is 20.8 Å². The summed E-state index contributed by atoms with van der Waals surface area (Å²) in [5.41, 5.74) is 6.40. The van der Waals surface area contributed by atoms with Crippen molar-refractivity contribution in [3.63, 3.8) is 0 Å². The third kappa shape index (κ3) is 4.65. The first-order chi connectivity index (χ1) is 15.2. The van der Waals surface area contributed by atoms with Gasteiger partial charge in [-0.25, -0.2) is 21.9 Å². The number of nitrogens with one attached hydrogen (secondary N) is 4. The summed E-state index contributed by atoms with van der Waals surface area (Å²) in [6.07, 6.45) is 2.20. The van der Waals surface area contributed by atoms with Gasteiger partial charge in [0.25, 0.3) is 5.56 Å². The Morgan fingerprint density at radius 2 is 1.81 bits per heavy atom. The van der Waals surface area contributed by atoms with Crippen LogP contribution in [-0.4, -0.2) is 42.3 Å². The minimum absolute atomic E-state index is 0.0120. The molecule has 1 fully saturated rings. The van der Waals surface area contributed by atoms with Gasteiger partial charge in [-0.2, -0.15) is 0 Å². The van der Waals surface area contributed by atoms with Gasteiger partial charge >= 0.3 is 5.69 Å². The van der Waals surface area contributed by atoms with E-state index in [0.717, 1.165) is 18.4 Å². The fourth-order valence-corrected chi connectivity index (χ4v) is 5.13. The minimum atomic E-state index is -3.79. The Kier molecular flexibility index (Phi) is 6.24. The van der Waals surface area contributed by atoms with E-state index in [1.54, 1.807) is 12.1 Å². The highest BCUT2D eigenvalue weighted by Crippen LogP contribution is 2.25. The van der Waals surface area contributed by atoms with E-state index in [9.17, 15) is 22.4 Å². The quantitative estimate of drug-likeness (QED) is 0.421. The predicted molar refractivity (Wildman–Crippen MR) is 118 cm³/mol. The first kappa shape index (κ1) is 22.3. The Bertz CT molecular complexity index is 1340. The Balaban J connectivity index is 1.36. The van der Waals surface area contributed by atoms with Gasteiger partial charge in [-0.15, -0.1) is 0 Å². The average Bonchev–Trinajstić information content (AvgIpc) is 3.22. The van der Waals surface area contributed by atoms with Gasteiger partial charge in [-0.05, 0) is 55.2 Å². The molecule has 3 aromatic rings. The van der Waals surface area contributed by atoms with E-state index in [1.165, 1.54) is 41.7 Å². The van der Waals surface area contributed by atoms with Crippen LogP contribution in [-0.2, 0) is 10.0 Å². The largest absolute Gasteiger partial charge is 0.326 e. The topological polar surface area (TPSA) is 127 Å². The van der Waals surface area contributed by atoms with Gasteiger partial charge in [0, 0.05) is 25.7 Å². The molecule has 11 heteroatoms. The van der Waals surface area contributed by atoms with Crippen LogP contribution in [0, 0.1) is 5.82 Å². The SMILES string of the molecule is CN(CCCC1CC(c2ccc(F)cc2)NN1)S(=O)(=O)c1ccc2[nH]c(=O)[nH]c(=O)c2c1. The zero-order valence-corrected chi connectivity index (χ0v) is 18.2. The van der Waals surface area contributed by atoms with Gasteiger partial charge in [-0.1, -0.05) is 12.1 Å². The maximum absolute atomic E-state index is 13.1. The summed E-state index contributed by atoms with van der Waals surface area (Å²) in [4.78, 5) is 27.9. The summed E-state index contributed by atoms with van der Waals surface area (Å²) < 4.78 is 40.2. The highest BCUT2D eigenvalue weighted by molar-refractivity contribution is 7.89. The second kappa shape index (κ2) is 8.94. The third-order valence-electron chi connectivity index (χ3n) is 5.70. The van der Waals surface area contributed by atoms with Gasteiger partial charge in [0.2, 0.25) is 10.0 Å². The summed E-state index contributed by atoms with van der Waals surface area (Å²) in [5.74, 6) is -0.273. The van der Waals surface area contributed by atoms with Crippen molar-refractivity contribution < 1.29 is 12.8 Å². The zero-order chi connectivity index (χ0) is 22.9. The number of nitrogens with zero attached hydrogens (tertiary/aromatic N) is 1. The van der Waals surface area contributed by atoms with Crippen LogP contribution >= 0.6 is 0 Å². The second-order valence-electron chi connectivity index (χ2n) is 7.91. The molecule has 4 N–H and O–H groups in total. The van der Waals surface area contributed by atoms with Crippen LogP contribution in [0.5, 0.6) is 0 Å². The van der Waals surface area contributed by atoms with Crippen molar-refractivity contribution in [3.05, 3.63) is 74.7 Å². The van der Waals surface area contributed by atoms with Crippen molar-refractivity contribution in [3.8, 4) is 0 Å². The third-order valence-corrected chi connectivity index (χ3v) is 7.55. The molecule has 0 spiro atoms. The van der Waals surface area contributed by atoms with Gasteiger partial charge in [-0.3, -0.25) is 20.6 Å². The van der Waals surface area contributed by atoms with Crippen LogP contribution in [0.2, 0.25) is 0 Å². The standard InChI is InChI=1S/C21H24FN5O4S/c1-27(10-2-3-15-11-19(26-25-15)13-4-6-14(22)7-5-13)32(30,31)16-8-9-18-17(12-16)20(28)24-21(29)23-18/h4-9,12,15,19,25-26H,2-3,10-11H2,1H3,(H2,23,24,28,29). The molecule has 0 bridgehead atoms. The summed E-state index contributed by atoms with van der Waals surface area (Å²) in [5, 5.41) is 0.104. The van der Waals surface area contributed by atoms with Crippen LogP contribution in [0.15, 0.2) is 56.9 Å². The number of rotatable bonds is 7. The lowest BCUT2D eigenvalue weighted by Gasteiger charge is -2.18. The first-order valence-electron chi connectivity index (χ1n) is 10.2. The van der Waals surface area contributed by atoms with Crippen molar-refractivity contribution in [2.75, 3.05) is 13.6 Å². The minimum Gasteiger partial charge on any atom is -0.307 e. The van der Waals surface area contributed by atoms with E-state index in [4.69, 9.17) is 0 Å². The van der Waals surface area contributed by atoms with Crippen LogP contribution in [0.4, 0.5) is 4.39 Å². The van der Waals surface area contributed by atoms with Crippen LogP contribution in [0.3, 0.4) is 0 Å². The smallest absolute Gasteiger partial charge is 0.307 e. The van der Waals surface area contributed by atoms with E-state index in [-0.39, 0.29) is 33.7 Å². The zero-order valence-electron chi connectivity index (χ0n) is 17.4. The number of fused-ring (bicyclic) bond motifs is 1. The molecule has 1 saturated heterocycles. The first-order valence-corrected chi connectivity index (χ1v) is 11.7. The number of aromatic nitrogens is 2. The molecule has 1 aromatic heterocycles. The van der Waals surface area contributed by atoms with E-state index in [1.807, 2.05) is 0 Å². The Morgan fingerprint density at radius 3 is 2.56 bits per heavy atom. The maximum Gasteiger partial charge on any atom is 0.326 e. The van der Waals surface area contributed by atoms with Crippen molar-refractivity contribution in [1.29, 1.82) is 0 Å². The van der Waals surface area contributed by atoms with Crippen LogP contribution in [0.25, 0.3) is 10.9 Å². The molecule has 4 rings (SSSR count). The lowest BCUT2D eigenvalue weighted by atomic mass is 10.00. The Morgan fingerprint density at radius 1 is 1.06 bits per heavy atom. The molecule has 0 saturated carbocycles. The molecule has 2 heterocycles. The number of benzene rings is 2. The number of hydrogen-bond acceptors (Lipinski definition) is 6. The monoisotopic (exact) mass is 461 g/mol. The summed E-state index contributed by atoms with van der Waals surface area (Å²) >= 11 is 0. The molecule has 2 aromatic carbocycles. The molecule has 32 heavy (non-hydrogen) atoms. The van der Waals surface area contributed by atoms with E-state index >= 15 is 0 Å². The Labute approximate surface area is 183 Å². The molecule has 1 aliphatic rings. The maximum atomic E-state index is 13.1. The number of sulfonamides is 1. The lowest BCUT2D eigenvalue weighted by Crippen LogP contribution is -2.32. The normalized spacial score (nSPS) is 19.1. The number of halogens is 1. The fourth-order valence-electron chi connectivity index (χ4n) is 3.89.